The molecule has 7 heteroatoms. The van der Waals surface area contributed by atoms with E-state index < -0.39 is 0 Å². The average Bonchev–Trinajstić information content (AvgIpc) is 3.13. The van der Waals surface area contributed by atoms with Gasteiger partial charge in [0.25, 0.3) is 0 Å². The lowest BCUT2D eigenvalue weighted by Crippen LogP contribution is -2.47. The van der Waals surface area contributed by atoms with Gasteiger partial charge in [0.1, 0.15) is 17.6 Å². The predicted molar refractivity (Wildman–Crippen MR) is 91.1 cm³/mol. The van der Waals surface area contributed by atoms with Crippen molar-refractivity contribution in [2.75, 3.05) is 0 Å². The fraction of sp³-hybridized carbons (Fsp3) is 0.412. The SMILES string of the molecule is CC(C)(C)[C@@H](Cn1ccnc1)NC(=O)Cn1nc2ccccc2n1. The fourth-order valence-electron chi connectivity index (χ4n) is 2.49. The zero-order valence-electron chi connectivity index (χ0n) is 14.2. The van der Waals surface area contributed by atoms with E-state index >= 15 is 0 Å². The van der Waals surface area contributed by atoms with E-state index in [4.69, 9.17) is 0 Å². The molecule has 0 aliphatic heterocycles. The molecule has 1 amide bonds. The van der Waals surface area contributed by atoms with E-state index in [0.717, 1.165) is 11.0 Å². The van der Waals surface area contributed by atoms with E-state index in [1.807, 2.05) is 35.0 Å². The fourth-order valence-corrected chi connectivity index (χ4v) is 2.49. The molecule has 3 aromatic rings. The second-order valence-electron chi connectivity index (χ2n) is 6.96. The maximum Gasteiger partial charge on any atom is 0.243 e. The van der Waals surface area contributed by atoms with Gasteiger partial charge in [-0.3, -0.25) is 4.79 Å². The van der Waals surface area contributed by atoms with Gasteiger partial charge in [0, 0.05) is 18.9 Å². The minimum Gasteiger partial charge on any atom is -0.349 e. The summed E-state index contributed by atoms with van der Waals surface area (Å²) in [5, 5.41) is 11.8. The molecule has 24 heavy (non-hydrogen) atoms. The molecule has 1 atom stereocenters. The highest BCUT2D eigenvalue weighted by molar-refractivity contribution is 5.77. The number of benzene rings is 1. The molecule has 1 N–H and O–H groups in total. The van der Waals surface area contributed by atoms with Gasteiger partial charge in [0.2, 0.25) is 5.91 Å². The molecule has 0 bridgehead atoms. The van der Waals surface area contributed by atoms with Gasteiger partial charge in [-0.1, -0.05) is 32.9 Å². The Kier molecular flexibility index (Phi) is 4.33. The summed E-state index contributed by atoms with van der Waals surface area (Å²) in [5.74, 6) is -0.102. The third kappa shape index (κ3) is 3.79. The van der Waals surface area contributed by atoms with E-state index in [1.165, 1.54) is 4.80 Å². The molecule has 0 spiro atoms. The first-order valence-corrected chi connectivity index (χ1v) is 7.97. The van der Waals surface area contributed by atoms with E-state index in [1.54, 1.807) is 12.5 Å². The number of carbonyl (C=O) groups is 1. The van der Waals surface area contributed by atoms with Crippen LogP contribution in [0.4, 0.5) is 0 Å². The van der Waals surface area contributed by atoms with Crippen molar-refractivity contribution in [3.63, 3.8) is 0 Å². The minimum atomic E-state index is -0.102. The van der Waals surface area contributed by atoms with Gasteiger partial charge >= 0.3 is 0 Å². The Hall–Kier alpha value is -2.70. The molecule has 0 saturated carbocycles. The lowest BCUT2D eigenvalue weighted by molar-refractivity contribution is -0.123. The Labute approximate surface area is 140 Å². The van der Waals surface area contributed by atoms with Crippen molar-refractivity contribution in [3.05, 3.63) is 43.0 Å². The van der Waals surface area contributed by atoms with Crippen molar-refractivity contribution in [1.82, 2.24) is 29.9 Å². The molecular weight excluding hydrogens is 304 g/mol. The van der Waals surface area contributed by atoms with Crippen LogP contribution in [0, 0.1) is 5.41 Å². The van der Waals surface area contributed by atoms with E-state index in [-0.39, 0.29) is 23.9 Å². The van der Waals surface area contributed by atoms with Gasteiger partial charge in [-0.05, 0) is 17.5 Å². The Morgan fingerprint density at radius 1 is 1.21 bits per heavy atom. The van der Waals surface area contributed by atoms with Crippen LogP contribution in [-0.2, 0) is 17.9 Å². The van der Waals surface area contributed by atoms with E-state index in [0.29, 0.717) is 6.54 Å². The monoisotopic (exact) mass is 326 g/mol. The number of nitrogens with zero attached hydrogens (tertiary/aromatic N) is 5. The van der Waals surface area contributed by atoms with Crippen molar-refractivity contribution < 1.29 is 4.79 Å². The van der Waals surface area contributed by atoms with Crippen LogP contribution in [0.1, 0.15) is 20.8 Å². The van der Waals surface area contributed by atoms with Crippen LogP contribution in [0.3, 0.4) is 0 Å². The normalized spacial score (nSPS) is 13.1. The molecule has 3 rings (SSSR count). The number of hydrogen-bond acceptors (Lipinski definition) is 4. The molecule has 0 radical (unpaired) electrons. The van der Waals surface area contributed by atoms with Gasteiger partial charge in [0.15, 0.2) is 0 Å². The number of carbonyl (C=O) groups excluding carboxylic acids is 1. The largest absolute Gasteiger partial charge is 0.349 e. The Morgan fingerprint density at radius 2 is 1.88 bits per heavy atom. The van der Waals surface area contributed by atoms with Crippen molar-refractivity contribution in [2.45, 2.75) is 39.9 Å². The first kappa shape index (κ1) is 16.2. The molecule has 0 saturated heterocycles. The summed E-state index contributed by atoms with van der Waals surface area (Å²) in [6.45, 7) is 7.09. The molecule has 7 nitrogen and oxygen atoms in total. The number of imidazole rings is 1. The van der Waals surface area contributed by atoms with Crippen LogP contribution >= 0.6 is 0 Å². The number of amides is 1. The Balaban J connectivity index is 1.68. The van der Waals surface area contributed by atoms with Crippen LogP contribution < -0.4 is 5.32 Å². The summed E-state index contributed by atoms with van der Waals surface area (Å²) in [6.07, 6.45) is 5.39. The zero-order valence-corrected chi connectivity index (χ0v) is 14.2. The molecule has 1 aromatic carbocycles. The minimum absolute atomic E-state index is 0.0239. The summed E-state index contributed by atoms with van der Waals surface area (Å²) in [6, 6.07) is 7.55. The number of rotatable bonds is 5. The zero-order chi connectivity index (χ0) is 17.2. The van der Waals surface area contributed by atoms with Gasteiger partial charge < -0.3 is 9.88 Å². The van der Waals surface area contributed by atoms with Crippen LogP contribution in [0.5, 0.6) is 0 Å². The first-order valence-electron chi connectivity index (χ1n) is 7.97. The topological polar surface area (TPSA) is 77.6 Å². The standard InChI is InChI=1S/C17H22N6O/c1-17(2,3)15(10-22-9-8-18-12-22)19-16(24)11-23-20-13-6-4-5-7-14(13)21-23/h4-9,12,15H,10-11H2,1-3H3,(H,19,24)/t15-/m1/s1. The van der Waals surface area contributed by atoms with Crippen LogP contribution in [-0.4, -0.2) is 36.5 Å². The molecule has 2 heterocycles. The molecule has 0 aliphatic rings. The number of hydrogen-bond donors (Lipinski definition) is 1. The van der Waals surface area contributed by atoms with Crippen molar-refractivity contribution in [1.29, 1.82) is 0 Å². The number of nitrogens with one attached hydrogen (secondary N) is 1. The lowest BCUT2D eigenvalue weighted by Gasteiger charge is -2.31. The van der Waals surface area contributed by atoms with Crippen LogP contribution in [0.15, 0.2) is 43.0 Å². The highest BCUT2D eigenvalue weighted by Gasteiger charge is 2.26. The molecule has 0 unspecified atom stereocenters. The predicted octanol–water partition coefficient (Wildman–Crippen LogP) is 1.86. The molecule has 0 fully saturated rings. The molecular formula is C17H22N6O. The third-order valence-corrected chi connectivity index (χ3v) is 3.95. The smallest absolute Gasteiger partial charge is 0.243 e. The van der Waals surface area contributed by atoms with Crippen LogP contribution in [0.25, 0.3) is 11.0 Å². The quantitative estimate of drug-likeness (QED) is 0.776. The van der Waals surface area contributed by atoms with Gasteiger partial charge in [0.05, 0.1) is 12.4 Å². The second-order valence-corrected chi connectivity index (χ2v) is 6.96. The summed E-state index contributed by atoms with van der Waals surface area (Å²) < 4.78 is 1.97. The number of aromatic nitrogens is 5. The Morgan fingerprint density at radius 3 is 2.42 bits per heavy atom. The second kappa shape index (κ2) is 6.43. The maximum absolute atomic E-state index is 12.4. The van der Waals surface area contributed by atoms with Crippen molar-refractivity contribution in [3.8, 4) is 0 Å². The van der Waals surface area contributed by atoms with Gasteiger partial charge in [-0.25, -0.2) is 4.98 Å². The average molecular weight is 326 g/mol. The van der Waals surface area contributed by atoms with Crippen molar-refractivity contribution >= 4 is 16.9 Å². The van der Waals surface area contributed by atoms with Gasteiger partial charge in [-0.15, -0.1) is 0 Å². The molecule has 2 aromatic heterocycles. The summed E-state index contributed by atoms with van der Waals surface area (Å²) in [7, 11) is 0. The maximum atomic E-state index is 12.4. The van der Waals surface area contributed by atoms with Crippen molar-refractivity contribution in [2.24, 2.45) is 5.41 Å². The van der Waals surface area contributed by atoms with E-state index in [2.05, 4.69) is 41.3 Å². The third-order valence-electron chi connectivity index (χ3n) is 3.95. The highest BCUT2D eigenvalue weighted by Crippen LogP contribution is 2.20. The van der Waals surface area contributed by atoms with Gasteiger partial charge in [-0.2, -0.15) is 15.0 Å². The molecule has 0 aliphatic carbocycles. The highest BCUT2D eigenvalue weighted by atomic mass is 16.2. The Bertz CT molecular complexity index is 782. The number of fused-ring (bicyclic) bond motifs is 1. The van der Waals surface area contributed by atoms with E-state index in [9.17, 15) is 4.79 Å². The first-order chi connectivity index (χ1) is 11.4. The molecule has 126 valence electrons. The van der Waals surface area contributed by atoms with Crippen LogP contribution in [0.2, 0.25) is 0 Å². The summed E-state index contributed by atoms with van der Waals surface area (Å²) >= 11 is 0. The summed E-state index contributed by atoms with van der Waals surface area (Å²) in [5.41, 5.74) is 1.49. The lowest BCUT2D eigenvalue weighted by atomic mass is 9.86. The summed E-state index contributed by atoms with van der Waals surface area (Å²) in [4.78, 5) is 17.9.